The molecule has 11 heteroatoms. The quantitative estimate of drug-likeness (QED) is 0.537. The second-order valence-corrected chi connectivity index (χ2v) is 9.48. The number of rotatable bonds is 7. The first kappa shape index (κ1) is 24.1. The zero-order chi connectivity index (χ0) is 25.2. The highest BCUT2D eigenvalue weighted by molar-refractivity contribution is 5.97. The molecule has 1 atom stereocenters. The number of fused-ring (bicyclic) bond motifs is 1. The van der Waals surface area contributed by atoms with Crippen LogP contribution in [0.15, 0.2) is 42.9 Å². The van der Waals surface area contributed by atoms with Crippen molar-refractivity contribution in [1.29, 1.82) is 0 Å². The van der Waals surface area contributed by atoms with Crippen LogP contribution in [0.3, 0.4) is 0 Å². The van der Waals surface area contributed by atoms with Crippen LogP contribution in [-0.2, 0) is 11.3 Å². The number of carbonyl (C=O) groups is 2. The Hall–Kier alpha value is -3.60. The summed E-state index contributed by atoms with van der Waals surface area (Å²) in [6, 6.07) is 7.53. The summed E-state index contributed by atoms with van der Waals surface area (Å²) in [5.41, 5.74) is 6.73. The van der Waals surface area contributed by atoms with Gasteiger partial charge in [0.2, 0.25) is 17.8 Å². The van der Waals surface area contributed by atoms with Crippen molar-refractivity contribution in [3.8, 4) is 0 Å². The van der Waals surface area contributed by atoms with Crippen molar-refractivity contribution < 1.29 is 18.4 Å². The Morgan fingerprint density at radius 1 is 1.06 bits per heavy atom. The van der Waals surface area contributed by atoms with Crippen LogP contribution >= 0.6 is 0 Å². The maximum absolute atomic E-state index is 12.9. The van der Waals surface area contributed by atoms with E-state index in [-0.39, 0.29) is 11.5 Å². The molecule has 2 fully saturated rings. The van der Waals surface area contributed by atoms with E-state index in [9.17, 15) is 18.4 Å². The van der Waals surface area contributed by atoms with Gasteiger partial charge >= 0.3 is 0 Å². The minimum Gasteiger partial charge on any atom is -0.366 e. The molecular formula is C25H29F2N7O2. The Kier molecular flexibility index (Phi) is 6.82. The van der Waals surface area contributed by atoms with Gasteiger partial charge in [-0.25, -0.2) is 18.7 Å². The molecule has 0 radical (unpaired) electrons. The molecule has 0 spiro atoms. The van der Waals surface area contributed by atoms with Crippen molar-refractivity contribution >= 4 is 28.7 Å². The predicted octanol–water partition coefficient (Wildman–Crippen LogP) is 2.14. The lowest BCUT2D eigenvalue weighted by atomic mass is 10.1. The molecular weight excluding hydrogens is 468 g/mol. The number of carbonyl (C=O) groups excluding carboxylic acids is 2. The molecule has 0 aliphatic carbocycles. The number of benzene rings is 1. The lowest BCUT2D eigenvalue weighted by molar-refractivity contribution is -0.132. The fourth-order valence-corrected chi connectivity index (χ4v) is 5.03. The Labute approximate surface area is 207 Å². The number of likely N-dealkylation sites (tertiary alicyclic amines) is 1. The van der Waals surface area contributed by atoms with E-state index in [1.807, 2.05) is 34.2 Å². The summed E-state index contributed by atoms with van der Waals surface area (Å²) in [6.45, 7) is 5.14. The summed E-state index contributed by atoms with van der Waals surface area (Å²) in [6.07, 6.45) is 2.76. The lowest BCUT2D eigenvalue weighted by Crippen LogP contribution is -2.51. The molecule has 2 N–H and O–H groups in total. The van der Waals surface area contributed by atoms with Gasteiger partial charge in [-0.05, 0) is 42.5 Å². The normalized spacial score (nSPS) is 18.9. The average Bonchev–Trinajstić information content (AvgIpc) is 3.50. The molecule has 2 aliphatic rings. The minimum atomic E-state index is -2.59. The Bertz CT molecular complexity index is 1240. The minimum absolute atomic E-state index is 0.0989. The van der Waals surface area contributed by atoms with E-state index in [1.54, 1.807) is 6.07 Å². The molecule has 4 heterocycles. The number of nitrogens with two attached hydrogens (primary N) is 1. The lowest BCUT2D eigenvalue weighted by Gasteiger charge is -2.35. The third-order valence-corrected chi connectivity index (χ3v) is 7.07. The largest absolute Gasteiger partial charge is 0.366 e. The average molecular weight is 498 g/mol. The molecule has 190 valence electrons. The highest BCUT2D eigenvalue weighted by Crippen LogP contribution is 2.24. The third-order valence-electron chi connectivity index (χ3n) is 7.07. The van der Waals surface area contributed by atoms with Gasteiger partial charge in [0.05, 0.1) is 12.1 Å². The van der Waals surface area contributed by atoms with Crippen LogP contribution in [0.5, 0.6) is 0 Å². The highest BCUT2D eigenvalue weighted by Gasteiger charge is 2.28. The number of amides is 2. The molecule has 2 saturated heterocycles. The number of aromatic nitrogens is 3. The third kappa shape index (κ3) is 5.15. The number of hydrogen-bond acceptors (Lipinski definition) is 6. The summed E-state index contributed by atoms with van der Waals surface area (Å²) in [4.78, 5) is 38.5. The molecule has 2 aliphatic heterocycles. The van der Waals surface area contributed by atoms with E-state index in [2.05, 4.69) is 19.4 Å². The van der Waals surface area contributed by atoms with Gasteiger partial charge < -0.3 is 20.1 Å². The zero-order valence-corrected chi connectivity index (χ0v) is 19.9. The van der Waals surface area contributed by atoms with Crippen LogP contribution in [0.2, 0.25) is 0 Å². The number of halogens is 2. The van der Waals surface area contributed by atoms with E-state index in [4.69, 9.17) is 5.73 Å². The number of anilines is 1. The zero-order valence-electron chi connectivity index (χ0n) is 19.9. The Morgan fingerprint density at radius 3 is 2.50 bits per heavy atom. The van der Waals surface area contributed by atoms with Gasteiger partial charge in [-0.2, -0.15) is 0 Å². The van der Waals surface area contributed by atoms with E-state index >= 15 is 0 Å². The first-order valence-electron chi connectivity index (χ1n) is 12.1. The fourth-order valence-electron chi connectivity index (χ4n) is 5.03. The van der Waals surface area contributed by atoms with Crippen LogP contribution in [0, 0.1) is 5.92 Å². The van der Waals surface area contributed by atoms with Crippen molar-refractivity contribution in [2.24, 2.45) is 11.7 Å². The summed E-state index contributed by atoms with van der Waals surface area (Å²) >= 11 is 0. The van der Waals surface area contributed by atoms with Gasteiger partial charge in [0.25, 0.3) is 6.43 Å². The second-order valence-electron chi connectivity index (χ2n) is 9.48. The van der Waals surface area contributed by atoms with Crippen LogP contribution in [-0.4, -0.2) is 82.0 Å². The van der Waals surface area contributed by atoms with E-state index < -0.39 is 12.3 Å². The number of nitrogens with zero attached hydrogens (tertiary/aromatic N) is 6. The first-order chi connectivity index (χ1) is 17.4. The van der Waals surface area contributed by atoms with Crippen LogP contribution in [0.25, 0.3) is 10.9 Å². The topological polar surface area (TPSA) is 101 Å². The van der Waals surface area contributed by atoms with Crippen LogP contribution in [0.1, 0.15) is 28.8 Å². The van der Waals surface area contributed by atoms with Crippen molar-refractivity contribution in [3.05, 3.63) is 54.0 Å². The molecule has 9 nitrogen and oxygen atoms in total. The van der Waals surface area contributed by atoms with Gasteiger partial charge in [-0.3, -0.25) is 14.5 Å². The van der Waals surface area contributed by atoms with Gasteiger partial charge in [0, 0.05) is 68.9 Å². The van der Waals surface area contributed by atoms with E-state index in [1.165, 1.54) is 0 Å². The number of hydrogen-bond donors (Lipinski definition) is 1. The highest BCUT2D eigenvalue weighted by atomic mass is 19.3. The molecule has 0 bridgehead atoms. The second kappa shape index (κ2) is 10.2. The summed E-state index contributed by atoms with van der Waals surface area (Å²) in [5.74, 6) is 0.486. The molecule has 2 aromatic heterocycles. The SMILES string of the molecule is NC(=O)c1ccc2ccn(CC3CCN(CC(=O)N4CCN(c5ncc(C(F)F)cn5)CC4)C3)c2c1. The van der Waals surface area contributed by atoms with Crippen LogP contribution in [0.4, 0.5) is 14.7 Å². The summed E-state index contributed by atoms with van der Waals surface area (Å²) in [7, 11) is 0. The monoisotopic (exact) mass is 497 g/mol. The predicted molar refractivity (Wildman–Crippen MR) is 131 cm³/mol. The molecule has 3 aromatic rings. The van der Waals surface area contributed by atoms with Gasteiger partial charge in [0.15, 0.2) is 0 Å². The fraction of sp³-hybridized carbons (Fsp3) is 0.440. The summed E-state index contributed by atoms with van der Waals surface area (Å²) in [5, 5.41) is 1.07. The van der Waals surface area contributed by atoms with Crippen LogP contribution < -0.4 is 10.6 Å². The van der Waals surface area contributed by atoms with E-state index in [0.29, 0.717) is 50.2 Å². The van der Waals surface area contributed by atoms with Crippen molar-refractivity contribution in [1.82, 2.24) is 24.3 Å². The number of alkyl halides is 2. The maximum Gasteiger partial charge on any atom is 0.266 e. The van der Waals surface area contributed by atoms with Crippen molar-refractivity contribution in [3.63, 3.8) is 0 Å². The first-order valence-corrected chi connectivity index (χ1v) is 12.1. The molecule has 2 amide bonds. The number of primary amides is 1. The van der Waals surface area contributed by atoms with Gasteiger partial charge in [-0.1, -0.05) is 6.07 Å². The Morgan fingerprint density at radius 2 is 1.81 bits per heavy atom. The summed E-state index contributed by atoms with van der Waals surface area (Å²) < 4.78 is 27.6. The molecule has 5 rings (SSSR count). The molecule has 36 heavy (non-hydrogen) atoms. The standard InChI is InChI=1S/C25H29F2N7O2/c26-23(27)20-12-29-25(30-13-20)33-9-7-32(8-10-33)22(35)16-31-5-3-17(14-31)15-34-6-4-18-1-2-19(24(28)36)11-21(18)34/h1-2,4,6,11-13,17,23H,3,5,7-10,14-16H2,(H2,28,36). The smallest absolute Gasteiger partial charge is 0.266 e. The maximum atomic E-state index is 12.9. The van der Waals surface area contributed by atoms with Gasteiger partial charge in [0.1, 0.15) is 0 Å². The number of piperazine rings is 1. The molecule has 1 aromatic carbocycles. The molecule has 0 saturated carbocycles. The van der Waals surface area contributed by atoms with Crippen molar-refractivity contribution in [2.75, 3.05) is 50.7 Å². The Balaban J connectivity index is 1.11. The van der Waals surface area contributed by atoms with E-state index in [0.717, 1.165) is 49.4 Å². The van der Waals surface area contributed by atoms with Crippen molar-refractivity contribution in [2.45, 2.75) is 19.4 Å². The molecule has 1 unspecified atom stereocenters. The van der Waals surface area contributed by atoms with Gasteiger partial charge in [-0.15, -0.1) is 0 Å².